The number of hydrogen-bond donors (Lipinski definition) is 1. The summed E-state index contributed by atoms with van der Waals surface area (Å²) in [4.78, 5) is 0.252. The first-order valence-electron chi connectivity index (χ1n) is 7.77. The molecule has 0 saturated carbocycles. The fourth-order valence-corrected chi connectivity index (χ4v) is 6.60. The molecule has 0 aliphatic carbocycles. The van der Waals surface area contributed by atoms with Gasteiger partial charge in [0, 0.05) is 17.9 Å². The standard InChI is InChI=1S/C16H21N3O4S2/c1-10-15(11(2)18-17-10)25(20,21)19-7-8-24-16(19)13-9-12(22-3)5-6-14(13)23-4/h5-6,9,16H,7-8H2,1-4H3,(H,17,18). The first kappa shape index (κ1) is 18.1. The zero-order valence-corrected chi connectivity index (χ0v) is 16.2. The summed E-state index contributed by atoms with van der Waals surface area (Å²) in [5.41, 5.74) is 1.81. The third-order valence-corrected chi connectivity index (χ3v) is 7.68. The molecule has 1 atom stereocenters. The molecule has 2 heterocycles. The van der Waals surface area contributed by atoms with Crippen molar-refractivity contribution in [3.05, 3.63) is 35.2 Å². The van der Waals surface area contributed by atoms with Crippen LogP contribution in [0.1, 0.15) is 22.3 Å². The van der Waals surface area contributed by atoms with Crippen LogP contribution in [0.2, 0.25) is 0 Å². The zero-order valence-electron chi connectivity index (χ0n) is 14.6. The minimum Gasteiger partial charge on any atom is -0.497 e. The molecule has 1 aliphatic rings. The summed E-state index contributed by atoms with van der Waals surface area (Å²) in [6, 6.07) is 5.43. The summed E-state index contributed by atoms with van der Waals surface area (Å²) < 4.78 is 38.8. The highest BCUT2D eigenvalue weighted by Gasteiger charge is 2.40. The number of ether oxygens (including phenoxy) is 2. The van der Waals surface area contributed by atoms with Crippen LogP contribution in [-0.4, -0.2) is 49.4 Å². The van der Waals surface area contributed by atoms with E-state index in [0.29, 0.717) is 35.2 Å². The monoisotopic (exact) mass is 383 g/mol. The quantitative estimate of drug-likeness (QED) is 0.854. The van der Waals surface area contributed by atoms with E-state index in [2.05, 4.69) is 10.2 Å². The third-order valence-electron chi connectivity index (χ3n) is 4.18. The van der Waals surface area contributed by atoms with Gasteiger partial charge in [-0.3, -0.25) is 5.10 Å². The molecule has 1 aromatic carbocycles. The molecule has 1 N–H and O–H groups in total. The molecule has 136 valence electrons. The molecule has 2 aromatic rings. The van der Waals surface area contributed by atoms with Crippen molar-refractivity contribution in [2.75, 3.05) is 26.5 Å². The van der Waals surface area contributed by atoms with Crippen molar-refractivity contribution in [1.29, 1.82) is 0 Å². The Balaban J connectivity index is 2.07. The van der Waals surface area contributed by atoms with Crippen LogP contribution in [0, 0.1) is 13.8 Å². The van der Waals surface area contributed by atoms with Crippen LogP contribution in [0.25, 0.3) is 0 Å². The molecule has 7 nitrogen and oxygen atoms in total. The smallest absolute Gasteiger partial charge is 0.248 e. The average molecular weight is 383 g/mol. The van der Waals surface area contributed by atoms with Crippen LogP contribution in [0.15, 0.2) is 23.1 Å². The van der Waals surface area contributed by atoms with Gasteiger partial charge in [-0.15, -0.1) is 11.8 Å². The molecule has 3 rings (SSSR count). The fraction of sp³-hybridized carbons (Fsp3) is 0.438. The van der Waals surface area contributed by atoms with E-state index < -0.39 is 10.0 Å². The second-order valence-corrected chi connectivity index (χ2v) is 8.73. The van der Waals surface area contributed by atoms with E-state index in [1.54, 1.807) is 52.0 Å². The van der Waals surface area contributed by atoms with Crippen LogP contribution in [0.4, 0.5) is 0 Å². The highest BCUT2D eigenvalue weighted by Crippen LogP contribution is 2.46. The fourth-order valence-electron chi connectivity index (χ4n) is 3.02. The van der Waals surface area contributed by atoms with Gasteiger partial charge in [0.1, 0.15) is 16.4 Å². The maximum Gasteiger partial charge on any atom is 0.248 e. The van der Waals surface area contributed by atoms with Gasteiger partial charge in [0.25, 0.3) is 0 Å². The van der Waals surface area contributed by atoms with Gasteiger partial charge in [0.2, 0.25) is 10.0 Å². The van der Waals surface area contributed by atoms with Crippen LogP contribution in [0.5, 0.6) is 11.5 Å². The Kier molecular flexibility index (Phi) is 4.99. The number of aromatic amines is 1. The Morgan fingerprint density at radius 2 is 2.04 bits per heavy atom. The lowest BCUT2D eigenvalue weighted by atomic mass is 10.2. The van der Waals surface area contributed by atoms with Gasteiger partial charge in [0.15, 0.2) is 0 Å². The van der Waals surface area contributed by atoms with E-state index in [-0.39, 0.29) is 10.3 Å². The molecule has 1 saturated heterocycles. The summed E-state index contributed by atoms with van der Waals surface area (Å²) in [5.74, 6) is 2.01. The molecule has 0 bridgehead atoms. The van der Waals surface area contributed by atoms with E-state index >= 15 is 0 Å². The SMILES string of the molecule is COc1ccc(OC)c(C2SCCN2S(=O)(=O)c2c(C)n[nH]c2C)c1. The topological polar surface area (TPSA) is 84.5 Å². The number of rotatable bonds is 5. The van der Waals surface area contributed by atoms with Crippen LogP contribution >= 0.6 is 11.8 Å². The molecular formula is C16H21N3O4S2. The van der Waals surface area contributed by atoms with Crippen LogP contribution < -0.4 is 9.47 Å². The molecule has 0 radical (unpaired) electrons. The molecule has 1 aliphatic heterocycles. The number of nitrogens with zero attached hydrogens (tertiary/aromatic N) is 2. The van der Waals surface area contributed by atoms with Crippen molar-refractivity contribution >= 4 is 21.8 Å². The van der Waals surface area contributed by atoms with E-state index in [1.807, 2.05) is 6.07 Å². The number of thioether (sulfide) groups is 1. The Labute approximate surface area is 151 Å². The second-order valence-electron chi connectivity index (χ2n) is 5.71. The largest absolute Gasteiger partial charge is 0.497 e. The molecule has 0 spiro atoms. The lowest BCUT2D eigenvalue weighted by Crippen LogP contribution is -2.31. The van der Waals surface area contributed by atoms with E-state index in [4.69, 9.17) is 9.47 Å². The Morgan fingerprint density at radius 1 is 1.28 bits per heavy atom. The minimum atomic E-state index is -3.68. The molecule has 1 unspecified atom stereocenters. The van der Waals surface area contributed by atoms with Crippen molar-refractivity contribution in [2.45, 2.75) is 24.1 Å². The van der Waals surface area contributed by atoms with Crippen LogP contribution in [-0.2, 0) is 10.0 Å². The number of aromatic nitrogens is 2. The van der Waals surface area contributed by atoms with E-state index in [9.17, 15) is 8.42 Å². The average Bonchev–Trinajstić information content (AvgIpc) is 3.21. The minimum absolute atomic E-state index is 0.252. The normalized spacial score (nSPS) is 18.5. The maximum atomic E-state index is 13.3. The van der Waals surface area contributed by atoms with Gasteiger partial charge in [-0.05, 0) is 32.0 Å². The summed E-state index contributed by atoms with van der Waals surface area (Å²) in [7, 11) is -0.515. The van der Waals surface area contributed by atoms with Gasteiger partial charge in [-0.25, -0.2) is 8.42 Å². The lowest BCUT2D eigenvalue weighted by molar-refractivity contribution is 0.382. The van der Waals surface area contributed by atoms with Crippen molar-refractivity contribution < 1.29 is 17.9 Å². The maximum absolute atomic E-state index is 13.3. The number of H-pyrrole nitrogens is 1. The van der Waals surface area contributed by atoms with Crippen molar-refractivity contribution in [3.8, 4) is 11.5 Å². The first-order chi connectivity index (χ1) is 11.9. The first-order valence-corrected chi connectivity index (χ1v) is 10.3. The number of hydrogen-bond acceptors (Lipinski definition) is 6. The van der Waals surface area contributed by atoms with Crippen molar-refractivity contribution in [2.24, 2.45) is 0 Å². The van der Waals surface area contributed by atoms with Gasteiger partial charge in [0.05, 0.1) is 31.0 Å². The molecule has 1 aromatic heterocycles. The van der Waals surface area contributed by atoms with E-state index in [0.717, 1.165) is 5.56 Å². The molecule has 0 amide bonds. The summed E-state index contributed by atoms with van der Waals surface area (Å²) in [6.07, 6.45) is 0. The second kappa shape index (κ2) is 6.89. The van der Waals surface area contributed by atoms with E-state index in [1.165, 1.54) is 4.31 Å². The number of aryl methyl sites for hydroxylation is 2. The third kappa shape index (κ3) is 3.11. The van der Waals surface area contributed by atoms with Crippen molar-refractivity contribution in [3.63, 3.8) is 0 Å². The number of methoxy groups -OCH3 is 2. The summed E-state index contributed by atoms with van der Waals surface area (Å²) in [5, 5.41) is 6.41. The summed E-state index contributed by atoms with van der Waals surface area (Å²) >= 11 is 1.57. The predicted molar refractivity (Wildman–Crippen MR) is 96.7 cm³/mol. The highest BCUT2D eigenvalue weighted by molar-refractivity contribution is 8.01. The van der Waals surface area contributed by atoms with Gasteiger partial charge >= 0.3 is 0 Å². The Morgan fingerprint density at radius 3 is 2.64 bits per heavy atom. The summed E-state index contributed by atoms with van der Waals surface area (Å²) in [6.45, 7) is 3.85. The molecule has 25 heavy (non-hydrogen) atoms. The number of benzene rings is 1. The molecular weight excluding hydrogens is 362 g/mol. The Bertz CT molecular complexity index is 860. The highest BCUT2D eigenvalue weighted by atomic mass is 32.2. The lowest BCUT2D eigenvalue weighted by Gasteiger charge is -2.25. The van der Waals surface area contributed by atoms with Crippen molar-refractivity contribution in [1.82, 2.24) is 14.5 Å². The van der Waals surface area contributed by atoms with Gasteiger partial charge < -0.3 is 9.47 Å². The Hall–Kier alpha value is -1.71. The zero-order chi connectivity index (χ0) is 18.2. The number of sulfonamides is 1. The molecule has 9 heteroatoms. The van der Waals surface area contributed by atoms with Gasteiger partial charge in [-0.1, -0.05) is 0 Å². The molecule has 1 fully saturated rings. The number of nitrogens with one attached hydrogen (secondary N) is 1. The van der Waals surface area contributed by atoms with Gasteiger partial charge in [-0.2, -0.15) is 9.40 Å². The van der Waals surface area contributed by atoms with Crippen LogP contribution in [0.3, 0.4) is 0 Å². The predicted octanol–water partition coefficient (Wildman–Crippen LogP) is 2.48.